The molecule has 9 heteroatoms. The maximum atomic E-state index is 13.7. The lowest BCUT2D eigenvalue weighted by Crippen LogP contribution is -2.39. The molecule has 1 aliphatic heterocycles. The number of nitrogens with zero attached hydrogens (tertiary/aromatic N) is 2. The lowest BCUT2D eigenvalue weighted by Gasteiger charge is -2.24. The monoisotopic (exact) mass is 547 g/mol. The van der Waals surface area contributed by atoms with Gasteiger partial charge < -0.3 is 24.4 Å². The van der Waals surface area contributed by atoms with Crippen LogP contribution in [-0.4, -0.2) is 55.2 Å². The molecule has 4 rings (SSSR count). The molecule has 1 heterocycles. The second kappa shape index (κ2) is 13.1. The van der Waals surface area contributed by atoms with Crippen molar-refractivity contribution in [3.05, 3.63) is 78.4 Å². The molecule has 3 aromatic rings. The van der Waals surface area contributed by atoms with Crippen LogP contribution in [0.15, 0.2) is 72.8 Å². The van der Waals surface area contributed by atoms with E-state index in [4.69, 9.17) is 26.4 Å². The van der Waals surface area contributed by atoms with Gasteiger partial charge >= 0.3 is 0 Å². The number of ether oxygens (including phenoxy) is 3. The van der Waals surface area contributed by atoms with E-state index in [9.17, 15) is 9.59 Å². The first-order chi connectivity index (χ1) is 18.9. The Morgan fingerprint density at radius 3 is 2.08 bits per heavy atom. The number of amides is 2. The van der Waals surface area contributed by atoms with Crippen molar-refractivity contribution in [1.29, 1.82) is 0 Å². The first-order valence-corrected chi connectivity index (χ1v) is 13.3. The largest absolute Gasteiger partial charge is 0.497 e. The second-order valence-corrected chi connectivity index (χ2v) is 9.45. The Morgan fingerprint density at radius 2 is 1.49 bits per heavy atom. The van der Waals surface area contributed by atoms with Gasteiger partial charge in [0.2, 0.25) is 5.91 Å². The van der Waals surface area contributed by atoms with E-state index in [1.807, 2.05) is 48.2 Å². The van der Waals surface area contributed by atoms with E-state index < -0.39 is 6.04 Å². The fourth-order valence-electron chi connectivity index (χ4n) is 4.34. The first-order valence-electron chi connectivity index (χ1n) is 12.9. The van der Waals surface area contributed by atoms with Gasteiger partial charge in [0.05, 0.1) is 32.9 Å². The predicted octanol–water partition coefficient (Wildman–Crippen LogP) is 5.07. The smallest absolute Gasteiger partial charge is 0.256 e. The fourth-order valence-corrected chi connectivity index (χ4v) is 4.75. The van der Waals surface area contributed by atoms with Crippen molar-refractivity contribution >= 4 is 40.5 Å². The molecular weight excluding hydrogens is 514 g/mol. The molecule has 204 valence electrons. The lowest BCUT2D eigenvalue weighted by atomic mass is 10.1. The van der Waals surface area contributed by atoms with Gasteiger partial charge in [0.25, 0.3) is 5.91 Å². The molecule has 3 aromatic carbocycles. The minimum atomic E-state index is -0.731. The molecule has 1 atom stereocenters. The third-order valence-corrected chi connectivity index (χ3v) is 6.86. The fraction of sp³-hybridized carbons (Fsp3) is 0.300. The molecule has 0 aromatic heterocycles. The van der Waals surface area contributed by atoms with Crippen LogP contribution >= 0.6 is 12.2 Å². The first kappa shape index (κ1) is 27.9. The van der Waals surface area contributed by atoms with E-state index in [0.717, 1.165) is 23.5 Å². The molecule has 1 aliphatic rings. The molecule has 1 unspecified atom stereocenters. The van der Waals surface area contributed by atoms with Crippen molar-refractivity contribution in [3.8, 4) is 17.2 Å². The van der Waals surface area contributed by atoms with E-state index in [0.29, 0.717) is 41.8 Å². The summed E-state index contributed by atoms with van der Waals surface area (Å²) in [6, 6.07) is 21.4. The van der Waals surface area contributed by atoms with Crippen molar-refractivity contribution in [3.63, 3.8) is 0 Å². The maximum absolute atomic E-state index is 13.7. The summed E-state index contributed by atoms with van der Waals surface area (Å²) >= 11 is 5.78. The zero-order valence-electron chi connectivity index (χ0n) is 22.4. The van der Waals surface area contributed by atoms with Crippen LogP contribution in [0.2, 0.25) is 0 Å². The number of nitrogens with one attached hydrogen (secondary N) is 1. The SMILES string of the molecule is CCCOc1ccc(NC(=O)CC2C(=O)N(c3ccc(OC)cc3)C(=S)N2CCc2ccc(OC)cc2)cc1. The van der Waals surface area contributed by atoms with Gasteiger partial charge in [0, 0.05) is 12.2 Å². The van der Waals surface area contributed by atoms with Crippen molar-refractivity contribution in [2.75, 3.05) is 37.6 Å². The van der Waals surface area contributed by atoms with Crippen molar-refractivity contribution in [1.82, 2.24) is 4.90 Å². The zero-order chi connectivity index (χ0) is 27.8. The topological polar surface area (TPSA) is 80.3 Å². The number of thiocarbonyl (C=S) groups is 1. The second-order valence-electron chi connectivity index (χ2n) is 9.09. The highest BCUT2D eigenvalue weighted by Gasteiger charge is 2.43. The average Bonchev–Trinajstić information content (AvgIpc) is 3.19. The Morgan fingerprint density at radius 1 is 0.897 bits per heavy atom. The quantitative estimate of drug-likeness (QED) is 0.317. The highest BCUT2D eigenvalue weighted by Crippen LogP contribution is 2.29. The van der Waals surface area contributed by atoms with Crippen LogP contribution in [-0.2, 0) is 16.0 Å². The summed E-state index contributed by atoms with van der Waals surface area (Å²) in [5, 5.41) is 3.27. The summed E-state index contributed by atoms with van der Waals surface area (Å²) in [4.78, 5) is 30.1. The van der Waals surface area contributed by atoms with Crippen LogP contribution in [0.1, 0.15) is 25.3 Å². The molecule has 0 bridgehead atoms. The third kappa shape index (κ3) is 6.86. The van der Waals surface area contributed by atoms with Gasteiger partial charge in [0.15, 0.2) is 5.11 Å². The van der Waals surface area contributed by atoms with Crippen LogP contribution in [0.5, 0.6) is 17.2 Å². The highest BCUT2D eigenvalue weighted by molar-refractivity contribution is 7.80. The van der Waals surface area contributed by atoms with E-state index in [-0.39, 0.29) is 18.2 Å². The van der Waals surface area contributed by atoms with E-state index >= 15 is 0 Å². The molecule has 1 N–H and O–H groups in total. The van der Waals surface area contributed by atoms with E-state index in [1.54, 1.807) is 50.6 Å². The minimum Gasteiger partial charge on any atom is -0.497 e. The molecule has 0 radical (unpaired) electrons. The number of hydrogen-bond donors (Lipinski definition) is 1. The van der Waals surface area contributed by atoms with Gasteiger partial charge in [-0.1, -0.05) is 19.1 Å². The van der Waals surface area contributed by atoms with Gasteiger partial charge in [-0.15, -0.1) is 0 Å². The number of benzene rings is 3. The summed E-state index contributed by atoms with van der Waals surface area (Å²) < 4.78 is 16.1. The Hall–Kier alpha value is -4.11. The summed E-state index contributed by atoms with van der Waals surface area (Å²) in [5.41, 5.74) is 2.34. The Bertz CT molecular complexity index is 1280. The van der Waals surface area contributed by atoms with Crippen LogP contribution < -0.4 is 24.4 Å². The van der Waals surface area contributed by atoms with Crippen LogP contribution in [0.3, 0.4) is 0 Å². The number of methoxy groups -OCH3 is 2. The van der Waals surface area contributed by atoms with Crippen LogP contribution in [0.4, 0.5) is 11.4 Å². The van der Waals surface area contributed by atoms with Gasteiger partial charge in [-0.3, -0.25) is 14.5 Å². The van der Waals surface area contributed by atoms with Crippen LogP contribution in [0.25, 0.3) is 0 Å². The van der Waals surface area contributed by atoms with Gasteiger partial charge in [-0.25, -0.2) is 0 Å². The number of hydrogen-bond acceptors (Lipinski definition) is 6. The minimum absolute atomic E-state index is 0.0394. The van der Waals surface area contributed by atoms with Crippen LogP contribution in [0, 0.1) is 0 Å². The van der Waals surface area contributed by atoms with Crippen molar-refractivity contribution < 1.29 is 23.8 Å². The lowest BCUT2D eigenvalue weighted by molar-refractivity contribution is -0.124. The Labute approximate surface area is 234 Å². The molecule has 0 saturated carbocycles. The average molecular weight is 548 g/mol. The highest BCUT2D eigenvalue weighted by atomic mass is 32.1. The normalized spacial score (nSPS) is 14.9. The number of carbonyl (C=O) groups is 2. The third-order valence-electron chi connectivity index (χ3n) is 6.44. The molecule has 39 heavy (non-hydrogen) atoms. The number of rotatable bonds is 12. The van der Waals surface area contributed by atoms with Gasteiger partial charge in [-0.2, -0.15) is 0 Å². The molecule has 2 amide bonds. The van der Waals surface area contributed by atoms with E-state index in [1.165, 1.54) is 4.90 Å². The van der Waals surface area contributed by atoms with E-state index in [2.05, 4.69) is 5.32 Å². The predicted molar refractivity (Wildman–Crippen MR) is 156 cm³/mol. The summed E-state index contributed by atoms with van der Waals surface area (Å²) in [6.45, 7) is 3.15. The van der Waals surface area contributed by atoms with Crippen molar-refractivity contribution in [2.24, 2.45) is 0 Å². The molecular formula is C30H33N3O5S. The van der Waals surface area contributed by atoms with Gasteiger partial charge in [0.1, 0.15) is 23.3 Å². The summed E-state index contributed by atoms with van der Waals surface area (Å²) in [7, 11) is 3.21. The zero-order valence-corrected chi connectivity index (χ0v) is 23.2. The number of carbonyl (C=O) groups excluding carboxylic acids is 2. The molecule has 1 saturated heterocycles. The Kier molecular flexibility index (Phi) is 9.38. The molecule has 0 aliphatic carbocycles. The van der Waals surface area contributed by atoms with Gasteiger partial charge in [-0.05, 0) is 91.3 Å². The summed E-state index contributed by atoms with van der Waals surface area (Å²) in [6.07, 6.45) is 1.52. The molecule has 8 nitrogen and oxygen atoms in total. The standard InChI is InChI=1S/C30H33N3O5S/c1-4-19-38-26-13-7-22(8-14-26)31-28(34)20-27-29(35)33(23-9-15-25(37-3)16-10-23)30(39)32(27)18-17-21-5-11-24(36-2)12-6-21/h5-16,27H,4,17-20H2,1-3H3,(H,31,34). The maximum Gasteiger partial charge on any atom is 0.256 e. The molecule has 0 spiro atoms. The Balaban J connectivity index is 1.50. The number of anilines is 2. The molecule has 1 fully saturated rings. The van der Waals surface area contributed by atoms with Crippen molar-refractivity contribution in [2.45, 2.75) is 32.2 Å². The summed E-state index contributed by atoms with van der Waals surface area (Å²) in [5.74, 6) is 1.68.